The Labute approximate surface area is 228 Å². The highest BCUT2D eigenvalue weighted by molar-refractivity contribution is 5.79. The van der Waals surface area contributed by atoms with Crippen molar-refractivity contribution in [3.8, 4) is 11.5 Å². The zero-order chi connectivity index (χ0) is 28.4. The first-order valence-electron chi connectivity index (χ1n) is 13.6. The van der Waals surface area contributed by atoms with Gasteiger partial charge >= 0.3 is 12.1 Å². The van der Waals surface area contributed by atoms with E-state index in [-0.39, 0.29) is 37.2 Å². The number of fused-ring (bicyclic) bond motifs is 3. The summed E-state index contributed by atoms with van der Waals surface area (Å²) in [5, 5.41) is 21.4. The first kappa shape index (κ1) is 29.1. The number of esters is 1. The molecule has 5 rings (SSSR count). The van der Waals surface area contributed by atoms with E-state index in [0.29, 0.717) is 24.4 Å². The van der Waals surface area contributed by atoms with Gasteiger partial charge in [-0.1, -0.05) is 6.92 Å². The van der Waals surface area contributed by atoms with Crippen molar-refractivity contribution in [2.75, 3.05) is 27.0 Å². The van der Waals surface area contributed by atoms with E-state index in [1.165, 1.54) is 5.56 Å². The van der Waals surface area contributed by atoms with Gasteiger partial charge in [-0.2, -0.15) is 9.59 Å². The van der Waals surface area contributed by atoms with Gasteiger partial charge in [-0.05, 0) is 94.7 Å². The second kappa shape index (κ2) is 11.3. The number of methoxy groups -OCH3 is 1. The fourth-order valence-electron chi connectivity index (χ4n) is 6.56. The van der Waals surface area contributed by atoms with Crippen LogP contribution in [0, 0.1) is 0 Å². The van der Waals surface area contributed by atoms with Gasteiger partial charge in [0.05, 0.1) is 24.2 Å². The fourth-order valence-corrected chi connectivity index (χ4v) is 6.56. The molecule has 214 valence electrons. The largest absolute Gasteiger partial charge is 0.497 e. The van der Waals surface area contributed by atoms with E-state index in [2.05, 4.69) is 23.1 Å². The smallest absolute Gasteiger partial charge is 0.373 e. The van der Waals surface area contributed by atoms with Crippen LogP contribution in [0.3, 0.4) is 0 Å². The summed E-state index contributed by atoms with van der Waals surface area (Å²) < 4.78 is 23.4. The summed E-state index contributed by atoms with van der Waals surface area (Å²) in [6, 6.07) is 4.12. The van der Waals surface area contributed by atoms with E-state index in [1.54, 1.807) is 27.9 Å². The third kappa shape index (κ3) is 5.57. The number of nitrogens with zero attached hydrogens (tertiary/aromatic N) is 1. The standard InChI is InChI=1S/C28H39NO7.CO2/c1-5-28(32,11-6-9-26(2,3)31)25(30)36-24-22(33-4)16-27-10-7-12-29(27)13-8-18-14-20-21(35-17-34-20)15-19(18)23(24)27;2-1-3/h14-16,23-24,31-32H,5-13,17H2,1-4H3;/t23?,24-,27+,28+;/m1./s1. The maximum atomic E-state index is 13.5. The molecule has 10 heteroatoms. The van der Waals surface area contributed by atoms with Crippen molar-refractivity contribution in [2.45, 2.75) is 94.5 Å². The van der Waals surface area contributed by atoms with E-state index >= 15 is 0 Å². The molecule has 1 unspecified atom stereocenters. The Kier molecular flexibility index (Phi) is 8.42. The molecule has 1 aromatic carbocycles. The summed E-state index contributed by atoms with van der Waals surface area (Å²) in [7, 11) is 1.61. The van der Waals surface area contributed by atoms with Crippen LogP contribution in [0.1, 0.15) is 76.3 Å². The predicted octanol–water partition coefficient (Wildman–Crippen LogP) is 2.84. The third-order valence-electron chi connectivity index (χ3n) is 8.54. The van der Waals surface area contributed by atoms with Gasteiger partial charge in [0.25, 0.3) is 0 Å². The van der Waals surface area contributed by atoms with Crippen LogP contribution in [0.5, 0.6) is 11.5 Å². The van der Waals surface area contributed by atoms with Crippen molar-refractivity contribution in [1.29, 1.82) is 0 Å². The molecule has 4 aliphatic rings. The number of ether oxygens (including phenoxy) is 4. The Morgan fingerprint density at radius 1 is 1.18 bits per heavy atom. The van der Waals surface area contributed by atoms with Gasteiger partial charge in [-0.3, -0.25) is 4.90 Å². The summed E-state index contributed by atoms with van der Waals surface area (Å²) in [6.07, 6.45) is 6.06. The lowest BCUT2D eigenvalue weighted by Gasteiger charge is -2.39. The third-order valence-corrected chi connectivity index (χ3v) is 8.54. The van der Waals surface area contributed by atoms with Crippen LogP contribution in [0.4, 0.5) is 0 Å². The van der Waals surface area contributed by atoms with Crippen molar-refractivity contribution < 1.29 is 43.5 Å². The molecule has 1 saturated heterocycles. The molecule has 0 radical (unpaired) electrons. The van der Waals surface area contributed by atoms with Crippen molar-refractivity contribution >= 4 is 12.1 Å². The Morgan fingerprint density at radius 2 is 1.87 bits per heavy atom. The second-order valence-electron chi connectivity index (χ2n) is 11.4. The molecule has 0 bridgehead atoms. The van der Waals surface area contributed by atoms with Gasteiger partial charge in [-0.25, -0.2) is 4.79 Å². The van der Waals surface area contributed by atoms with Crippen LogP contribution in [0.2, 0.25) is 0 Å². The Bertz CT molecular complexity index is 1140. The lowest BCUT2D eigenvalue weighted by molar-refractivity contribution is -0.191. The Morgan fingerprint density at radius 3 is 2.51 bits per heavy atom. The van der Waals surface area contributed by atoms with E-state index in [4.69, 9.17) is 28.5 Å². The van der Waals surface area contributed by atoms with Gasteiger partial charge in [0, 0.05) is 6.54 Å². The minimum absolute atomic E-state index is 0.177. The van der Waals surface area contributed by atoms with Crippen LogP contribution in [0.15, 0.2) is 24.0 Å². The Balaban J connectivity index is 0.00000112. The molecule has 2 N–H and O–H groups in total. The molecule has 10 nitrogen and oxygen atoms in total. The molecule has 1 aromatic rings. The highest BCUT2D eigenvalue weighted by Gasteiger charge is 2.58. The van der Waals surface area contributed by atoms with E-state index in [0.717, 1.165) is 43.7 Å². The highest BCUT2D eigenvalue weighted by atomic mass is 16.7. The monoisotopic (exact) mass is 545 g/mol. The molecule has 1 aliphatic carbocycles. The van der Waals surface area contributed by atoms with Crippen LogP contribution in [-0.4, -0.2) is 77.1 Å². The van der Waals surface area contributed by atoms with E-state index < -0.39 is 23.3 Å². The highest BCUT2D eigenvalue weighted by Crippen LogP contribution is 2.55. The zero-order valence-electron chi connectivity index (χ0n) is 23.2. The molecule has 39 heavy (non-hydrogen) atoms. The van der Waals surface area contributed by atoms with Crippen LogP contribution in [-0.2, 0) is 30.3 Å². The topological polar surface area (TPSA) is 132 Å². The maximum Gasteiger partial charge on any atom is 0.373 e. The molecule has 3 aliphatic heterocycles. The normalized spacial score (nSPS) is 26.5. The van der Waals surface area contributed by atoms with Gasteiger partial charge in [0.2, 0.25) is 6.79 Å². The maximum absolute atomic E-state index is 13.5. The zero-order valence-corrected chi connectivity index (χ0v) is 23.2. The summed E-state index contributed by atoms with van der Waals surface area (Å²) >= 11 is 0. The SMILES string of the molecule is CC[C@](O)(CCCC(C)(C)O)C(=O)O[C@@H]1C(OC)=C[C@]23CCCN2CCc2cc4c(cc2C13)OCO4.O=C=O. The summed E-state index contributed by atoms with van der Waals surface area (Å²) in [6.45, 7) is 7.32. The van der Waals surface area contributed by atoms with Crippen molar-refractivity contribution in [1.82, 2.24) is 4.90 Å². The average molecular weight is 546 g/mol. The van der Waals surface area contributed by atoms with Gasteiger partial charge < -0.3 is 29.2 Å². The molecule has 0 saturated carbocycles. The number of rotatable bonds is 8. The summed E-state index contributed by atoms with van der Waals surface area (Å²) in [5.41, 5.74) is -0.546. The van der Waals surface area contributed by atoms with E-state index in [9.17, 15) is 15.0 Å². The summed E-state index contributed by atoms with van der Waals surface area (Å²) in [4.78, 5) is 32.3. The predicted molar refractivity (Wildman–Crippen MR) is 138 cm³/mol. The molecule has 1 spiro atoms. The number of aliphatic hydroxyl groups is 2. The van der Waals surface area contributed by atoms with Crippen molar-refractivity contribution in [3.63, 3.8) is 0 Å². The molecule has 1 fully saturated rings. The molecular formula is C29H39NO9. The summed E-state index contributed by atoms with van der Waals surface area (Å²) in [5.74, 6) is 1.28. The lowest BCUT2D eigenvalue weighted by Crippen LogP contribution is -2.49. The van der Waals surface area contributed by atoms with Crippen molar-refractivity contribution in [2.24, 2.45) is 0 Å². The minimum Gasteiger partial charge on any atom is -0.497 e. The van der Waals surface area contributed by atoms with Crippen molar-refractivity contribution in [3.05, 3.63) is 35.1 Å². The quantitative estimate of drug-likeness (QED) is 0.470. The fraction of sp³-hybridized carbons (Fsp3) is 0.655. The van der Waals surface area contributed by atoms with Crippen LogP contribution >= 0.6 is 0 Å². The van der Waals surface area contributed by atoms with Gasteiger partial charge in [0.15, 0.2) is 23.2 Å². The molecule has 0 aromatic heterocycles. The Hall–Kier alpha value is -2.91. The second-order valence-corrected chi connectivity index (χ2v) is 11.4. The van der Waals surface area contributed by atoms with Gasteiger partial charge in [-0.15, -0.1) is 0 Å². The van der Waals surface area contributed by atoms with Gasteiger partial charge in [0.1, 0.15) is 5.76 Å². The number of hydrogen-bond acceptors (Lipinski definition) is 10. The van der Waals surface area contributed by atoms with E-state index in [1.807, 2.05) is 0 Å². The first-order valence-corrected chi connectivity index (χ1v) is 13.6. The van der Waals surface area contributed by atoms with Crippen LogP contribution < -0.4 is 9.47 Å². The molecule has 3 heterocycles. The molecule has 4 atom stereocenters. The average Bonchev–Trinajstić information content (AvgIpc) is 3.57. The van der Waals surface area contributed by atoms with Crippen LogP contribution in [0.25, 0.3) is 0 Å². The number of carbonyl (C=O) groups is 1. The lowest BCUT2D eigenvalue weighted by atomic mass is 9.77. The number of benzene rings is 1. The number of hydrogen-bond donors (Lipinski definition) is 2. The molecular weight excluding hydrogens is 506 g/mol. The minimum atomic E-state index is -1.63. The number of carbonyl (C=O) groups excluding carboxylic acids is 3. The first-order chi connectivity index (χ1) is 18.5. The molecule has 0 amide bonds.